The first-order valence-corrected chi connectivity index (χ1v) is 5.13. The van der Waals surface area contributed by atoms with Crippen LogP contribution in [0.4, 0.5) is 0 Å². The molecule has 3 N–H and O–H groups in total. The highest BCUT2D eigenvalue weighted by Crippen LogP contribution is 2.06. The maximum Gasteiger partial charge on any atom is 0.330 e. The van der Waals surface area contributed by atoms with Crippen molar-refractivity contribution in [2.75, 3.05) is 6.61 Å². The van der Waals surface area contributed by atoms with Gasteiger partial charge in [0, 0.05) is 11.6 Å². The van der Waals surface area contributed by atoms with Gasteiger partial charge in [-0.3, -0.25) is 10.2 Å². The standard InChI is InChI=1S/C12H14N2O3/c1-2-17-11(15)8-5-9-3-6-10(7-4-9)12(16)14-13/h3-8H,2,13H2,1H3,(H,14,16). The average molecular weight is 234 g/mol. The highest BCUT2D eigenvalue weighted by molar-refractivity contribution is 5.94. The highest BCUT2D eigenvalue weighted by Gasteiger charge is 2.01. The van der Waals surface area contributed by atoms with Crippen molar-refractivity contribution in [3.63, 3.8) is 0 Å². The first-order valence-electron chi connectivity index (χ1n) is 5.13. The molecule has 0 bridgehead atoms. The summed E-state index contributed by atoms with van der Waals surface area (Å²) in [5.41, 5.74) is 3.29. The second-order valence-electron chi connectivity index (χ2n) is 3.18. The van der Waals surface area contributed by atoms with Gasteiger partial charge < -0.3 is 4.74 Å². The van der Waals surface area contributed by atoms with E-state index in [1.165, 1.54) is 6.08 Å². The zero-order chi connectivity index (χ0) is 12.7. The van der Waals surface area contributed by atoms with E-state index in [2.05, 4.69) is 0 Å². The topological polar surface area (TPSA) is 81.4 Å². The van der Waals surface area contributed by atoms with Gasteiger partial charge in [-0.1, -0.05) is 12.1 Å². The van der Waals surface area contributed by atoms with Crippen molar-refractivity contribution in [3.05, 3.63) is 41.5 Å². The minimum absolute atomic E-state index is 0.346. The smallest absolute Gasteiger partial charge is 0.330 e. The summed E-state index contributed by atoms with van der Waals surface area (Å²) in [4.78, 5) is 22.2. The van der Waals surface area contributed by atoms with Crippen LogP contribution in [-0.4, -0.2) is 18.5 Å². The molecule has 17 heavy (non-hydrogen) atoms. The molecule has 0 spiro atoms. The number of nitrogens with one attached hydrogen (secondary N) is 1. The average Bonchev–Trinajstić information content (AvgIpc) is 2.36. The molecule has 0 unspecified atom stereocenters. The maximum absolute atomic E-state index is 11.1. The van der Waals surface area contributed by atoms with E-state index in [1.807, 2.05) is 5.43 Å². The lowest BCUT2D eigenvalue weighted by molar-refractivity contribution is -0.137. The molecule has 0 aliphatic carbocycles. The SMILES string of the molecule is CCOC(=O)C=Cc1ccc(C(=O)NN)cc1. The van der Waals surface area contributed by atoms with Crippen LogP contribution in [0.25, 0.3) is 6.08 Å². The highest BCUT2D eigenvalue weighted by atomic mass is 16.5. The molecule has 0 radical (unpaired) electrons. The minimum atomic E-state index is -0.392. The van der Waals surface area contributed by atoms with E-state index in [0.717, 1.165) is 5.56 Å². The lowest BCUT2D eigenvalue weighted by atomic mass is 10.1. The fraction of sp³-hybridized carbons (Fsp3) is 0.167. The Labute approximate surface area is 99.2 Å². The van der Waals surface area contributed by atoms with E-state index in [1.54, 1.807) is 37.3 Å². The van der Waals surface area contributed by atoms with Crippen molar-refractivity contribution in [1.29, 1.82) is 0 Å². The number of hydrogen-bond donors (Lipinski definition) is 2. The number of hydrazine groups is 1. The van der Waals surface area contributed by atoms with Crippen LogP contribution >= 0.6 is 0 Å². The second-order valence-corrected chi connectivity index (χ2v) is 3.18. The summed E-state index contributed by atoms with van der Waals surface area (Å²) in [6.45, 7) is 2.09. The Kier molecular flexibility index (Phi) is 4.90. The molecule has 1 aromatic carbocycles. The fourth-order valence-corrected chi connectivity index (χ4v) is 1.18. The van der Waals surface area contributed by atoms with Gasteiger partial charge in [0.1, 0.15) is 0 Å². The fourth-order valence-electron chi connectivity index (χ4n) is 1.18. The van der Waals surface area contributed by atoms with Crippen LogP contribution in [-0.2, 0) is 9.53 Å². The van der Waals surface area contributed by atoms with Crippen molar-refractivity contribution >= 4 is 18.0 Å². The summed E-state index contributed by atoms with van der Waals surface area (Å²) in [7, 11) is 0. The van der Waals surface area contributed by atoms with Crippen LogP contribution < -0.4 is 11.3 Å². The molecule has 0 aliphatic rings. The molecule has 0 aliphatic heterocycles. The first-order chi connectivity index (χ1) is 8.17. The third-order valence-corrected chi connectivity index (χ3v) is 2.00. The second kappa shape index (κ2) is 6.44. The first kappa shape index (κ1) is 12.9. The largest absolute Gasteiger partial charge is 0.463 e. The molecule has 5 nitrogen and oxygen atoms in total. The number of rotatable bonds is 4. The molecule has 0 fully saturated rings. The monoisotopic (exact) mass is 234 g/mol. The van der Waals surface area contributed by atoms with Crippen molar-refractivity contribution in [3.8, 4) is 0 Å². The van der Waals surface area contributed by atoms with E-state index in [-0.39, 0.29) is 5.91 Å². The molecular weight excluding hydrogens is 220 g/mol. The van der Waals surface area contributed by atoms with Crippen LogP contribution in [0, 0.1) is 0 Å². The molecule has 1 rings (SSSR count). The van der Waals surface area contributed by atoms with Crippen molar-refractivity contribution in [1.82, 2.24) is 5.43 Å². The lowest BCUT2D eigenvalue weighted by Crippen LogP contribution is -2.29. The molecule has 1 aromatic rings. The van der Waals surface area contributed by atoms with E-state index in [0.29, 0.717) is 12.2 Å². The molecule has 90 valence electrons. The van der Waals surface area contributed by atoms with Crippen molar-refractivity contribution in [2.45, 2.75) is 6.92 Å². The van der Waals surface area contributed by atoms with Gasteiger partial charge in [0.25, 0.3) is 5.91 Å². The Morgan fingerprint density at radius 3 is 2.53 bits per heavy atom. The van der Waals surface area contributed by atoms with E-state index >= 15 is 0 Å². The third-order valence-electron chi connectivity index (χ3n) is 2.00. The van der Waals surface area contributed by atoms with Gasteiger partial charge in [-0.2, -0.15) is 0 Å². The number of benzene rings is 1. The normalized spacial score (nSPS) is 10.2. The van der Waals surface area contributed by atoms with Gasteiger partial charge in [-0.15, -0.1) is 0 Å². The van der Waals surface area contributed by atoms with Crippen LogP contribution in [0.5, 0.6) is 0 Å². The van der Waals surface area contributed by atoms with Crippen LogP contribution in [0.1, 0.15) is 22.8 Å². The van der Waals surface area contributed by atoms with Gasteiger partial charge >= 0.3 is 5.97 Å². The number of hydrogen-bond acceptors (Lipinski definition) is 4. The zero-order valence-corrected chi connectivity index (χ0v) is 9.47. The molecule has 0 atom stereocenters. The molecule has 0 aromatic heterocycles. The zero-order valence-electron chi connectivity index (χ0n) is 9.47. The summed E-state index contributed by atoms with van der Waals surface area (Å²) in [5.74, 6) is 4.25. The van der Waals surface area contributed by atoms with Gasteiger partial charge in [0.2, 0.25) is 0 Å². The number of ether oxygens (including phenoxy) is 1. The summed E-state index contributed by atoms with van der Waals surface area (Å²) in [6.07, 6.45) is 2.95. The molecule has 1 amide bonds. The number of carbonyl (C=O) groups excluding carboxylic acids is 2. The number of nitrogens with two attached hydrogens (primary N) is 1. The predicted octanol–water partition coefficient (Wildman–Crippen LogP) is 0.866. The molecule has 0 saturated heterocycles. The van der Waals surface area contributed by atoms with Crippen molar-refractivity contribution < 1.29 is 14.3 Å². The molecule has 5 heteroatoms. The van der Waals surface area contributed by atoms with Crippen LogP contribution in [0.2, 0.25) is 0 Å². The summed E-state index contributed by atoms with van der Waals surface area (Å²) >= 11 is 0. The Hall–Kier alpha value is -2.14. The van der Waals surface area contributed by atoms with Crippen LogP contribution in [0.15, 0.2) is 30.3 Å². The minimum Gasteiger partial charge on any atom is -0.463 e. The van der Waals surface area contributed by atoms with E-state index in [4.69, 9.17) is 10.6 Å². The Morgan fingerprint density at radius 1 is 1.35 bits per heavy atom. The van der Waals surface area contributed by atoms with E-state index < -0.39 is 5.97 Å². The van der Waals surface area contributed by atoms with Gasteiger partial charge in [-0.25, -0.2) is 10.6 Å². The maximum atomic E-state index is 11.1. The number of carbonyl (C=O) groups is 2. The predicted molar refractivity (Wildman–Crippen MR) is 63.8 cm³/mol. The summed E-state index contributed by atoms with van der Waals surface area (Å²) in [5, 5.41) is 0. The quantitative estimate of drug-likeness (QED) is 0.266. The lowest BCUT2D eigenvalue weighted by Gasteiger charge is -1.99. The van der Waals surface area contributed by atoms with Gasteiger partial charge in [0.15, 0.2) is 0 Å². The van der Waals surface area contributed by atoms with Crippen LogP contribution in [0.3, 0.4) is 0 Å². The van der Waals surface area contributed by atoms with E-state index in [9.17, 15) is 9.59 Å². The van der Waals surface area contributed by atoms with Crippen molar-refractivity contribution in [2.24, 2.45) is 5.84 Å². The molecule has 0 heterocycles. The third kappa shape index (κ3) is 4.08. The Morgan fingerprint density at radius 2 is 2.00 bits per heavy atom. The number of amides is 1. The van der Waals surface area contributed by atoms with Gasteiger partial charge in [0.05, 0.1) is 6.61 Å². The Bertz CT molecular complexity index is 424. The summed E-state index contributed by atoms with van der Waals surface area (Å²) < 4.78 is 4.74. The number of esters is 1. The number of nitrogen functional groups attached to an aromatic ring is 1. The molecular formula is C12H14N2O3. The van der Waals surface area contributed by atoms with Gasteiger partial charge in [-0.05, 0) is 30.7 Å². The Balaban J connectivity index is 2.68. The molecule has 0 saturated carbocycles. The summed E-state index contributed by atoms with van der Waals surface area (Å²) in [6, 6.07) is 6.65.